The molecular weight excluding hydrogens is 874 g/mol. The summed E-state index contributed by atoms with van der Waals surface area (Å²) in [6, 6.07) is 40.1. The molecule has 332 valence electrons. The zero-order valence-electron chi connectivity index (χ0n) is 35.7. The van der Waals surface area contributed by atoms with E-state index in [1.807, 2.05) is 63.7 Å². The number of aromatic nitrogens is 2. The van der Waals surface area contributed by atoms with Crippen molar-refractivity contribution in [2.75, 3.05) is 0 Å². The highest BCUT2D eigenvalue weighted by molar-refractivity contribution is 6.13. The highest BCUT2D eigenvalue weighted by Crippen LogP contribution is 2.48. The molecule has 0 radical (unpaired) electrons. The van der Waals surface area contributed by atoms with Gasteiger partial charge in [0.15, 0.2) is 5.69 Å². The van der Waals surface area contributed by atoms with Crippen LogP contribution in [0.1, 0.15) is 33.4 Å². The molecule has 2 heterocycles. The maximum Gasteiger partial charge on any atom is 0.416 e. The molecule has 0 bridgehead atoms. The number of aryl methyl sites for hydroxylation is 3. The molecule has 2 aromatic heterocycles. The maximum atomic E-state index is 14.9. The molecule has 12 heteroatoms. The van der Waals surface area contributed by atoms with Crippen LogP contribution in [0, 0.1) is 27.3 Å². The van der Waals surface area contributed by atoms with Gasteiger partial charge in [0.05, 0.1) is 56.7 Å². The Morgan fingerprint density at radius 3 is 1.34 bits per heavy atom. The molecule has 0 unspecified atom stereocenters. The van der Waals surface area contributed by atoms with E-state index in [1.54, 1.807) is 81.4 Å². The van der Waals surface area contributed by atoms with Crippen LogP contribution < -0.4 is 0 Å². The van der Waals surface area contributed by atoms with Crippen molar-refractivity contribution in [2.24, 2.45) is 0 Å². The second-order valence-corrected chi connectivity index (χ2v) is 16.8. The molecule has 67 heavy (non-hydrogen) atoms. The van der Waals surface area contributed by atoms with E-state index in [1.165, 1.54) is 6.07 Å². The van der Waals surface area contributed by atoms with Crippen LogP contribution in [0.25, 0.3) is 93.2 Å². The van der Waals surface area contributed by atoms with Gasteiger partial charge in [-0.1, -0.05) is 72.8 Å². The van der Waals surface area contributed by atoms with Crippen LogP contribution >= 0.6 is 0 Å². The van der Waals surface area contributed by atoms with Gasteiger partial charge in [-0.2, -0.15) is 39.5 Å². The summed E-state index contributed by atoms with van der Waals surface area (Å²) in [6.45, 7) is 13.2. The van der Waals surface area contributed by atoms with Gasteiger partial charge in [-0.3, -0.25) is 0 Å². The number of alkyl halides is 9. The topological polar surface area (TPSA) is 14.2 Å². The van der Waals surface area contributed by atoms with Gasteiger partial charge in [-0.05, 0) is 150 Å². The summed E-state index contributed by atoms with van der Waals surface area (Å²) in [5, 5.41) is 2.76. The quantitative estimate of drug-likeness (QED) is 0.121. The SMILES string of the molecule is [C-]#[N+]c1cc(-n2c3ccccc3c3cc(-c4cc(C)cc(C(F)(F)F)c4)ccc32)c(-n2c3ccccc3c3cc(-c4cc(C)cc(C(F)(F)F)c4)ccc32)cc1-c1c(C)cccc1C(F)(F)F. The van der Waals surface area contributed by atoms with Crippen molar-refractivity contribution in [3.63, 3.8) is 0 Å². The zero-order valence-corrected chi connectivity index (χ0v) is 35.7. The fraction of sp³-hybridized carbons (Fsp3) is 0.109. The smallest absolute Gasteiger partial charge is 0.308 e. The normalized spacial score (nSPS) is 12.5. The van der Waals surface area contributed by atoms with E-state index in [4.69, 9.17) is 6.57 Å². The van der Waals surface area contributed by atoms with Crippen molar-refractivity contribution in [2.45, 2.75) is 39.3 Å². The molecule has 0 aliphatic rings. The second kappa shape index (κ2) is 15.4. The van der Waals surface area contributed by atoms with Crippen molar-refractivity contribution < 1.29 is 39.5 Å². The van der Waals surface area contributed by atoms with Gasteiger partial charge in [0, 0.05) is 21.5 Å². The summed E-state index contributed by atoms with van der Waals surface area (Å²) in [5.74, 6) is 0. The molecule has 3 nitrogen and oxygen atoms in total. The van der Waals surface area contributed by atoms with Crippen LogP contribution in [0.3, 0.4) is 0 Å². The van der Waals surface area contributed by atoms with Gasteiger partial charge < -0.3 is 9.13 Å². The first-order chi connectivity index (χ1) is 31.8. The fourth-order valence-electron chi connectivity index (χ4n) is 9.53. The minimum atomic E-state index is -4.78. The molecule has 0 atom stereocenters. The summed E-state index contributed by atoms with van der Waals surface area (Å²) >= 11 is 0. The predicted molar refractivity (Wildman–Crippen MR) is 247 cm³/mol. The summed E-state index contributed by atoms with van der Waals surface area (Å²) < 4.78 is 133. The third-order valence-corrected chi connectivity index (χ3v) is 12.4. The van der Waals surface area contributed by atoms with E-state index in [2.05, 4.69) is 4.85 Å². The third kappa shape index (κ3) is 7.35. The Balaban J connectivity index is 1.31. The van der Waals surface area contributed by atoms with Crippen LogP contribution in [-0.2, 0) is 18.5 Å². The average Bonchev–Trinajstić information content (AvgIpc) is 3.79. The van der Waals surface area contributed by atoms with Gasteiger partial charge in [-0.25, -0.2) is 4.85 Å². The molecule has 0 aliphatic carbocycles. The van der Waals surface area contributed by atoms with E-state index < -0.39 is 35.2 Å². The molecule has 0 spiro atoms. The molecule has 0 saturated carbocycles. The van der Waals surface area contributed by atoms with Gasteiger partial charge in [-0.15, -0.1) is 0 Å². The summed E-state index contributed by atoms with van der Waals surface area (Å²) in [6.07, 6.45) is -13.9. The lowest BCUT2D eigenvalue weighted by Crippen LogP contribution is -2.09. The number of rotatable bonds is 5. The van der Waals surface area contributed by atoms with E-state index in [0.717, 1.165) is 35.7 Å². The highest BCUT2D eigenvalue weighted by atomic mass is 19.4. The van der Waals surface area contributed by atoms with E-state index >= 15 is 0 Å². The van der Waals surface area contributed by atoms with Gasteiger partial charge >= 0.3 is 18.5 Å². The number of nitrogens with zero attached hydrogens (tertiary/aromatic N) is 3. The Bertz CT molecular complexity index is 3710. The van der Waals surface area contributed by atoms with Crippen molar-refractivity contribution in [1.29, 1.82) is 0 Å². The number of hydrogen-bond donors (Lipinski definition) is 0. The Kier molecular flexibility index (Phi) is 9.92. The molecular formula is C55H34F9N3. The van der Waals surface area contributed by atoms with Crippen LogP contribution in [0.4, 0.5) is 45.2 Å². The Morgan fingerprint density at radius 1 is 0.418 bits per heavy atom. The Hall–Kier alpha value is -7.78. The number of para-hydroxylation sites is 2. The molecule has 10 rings (SSSR count). The van der Waals surface area contributed by atoms with Crippen LogP contribution in [0.15, 0.2) is 152 Å². The average molecular weight is 908 g/mol. The number of benzene rings is 8. The lowest BCUT2D eigenvalue weighted by atomic mass is 9.92. The van der Waals surface area contributed by atoms with Gasteiger partial charge in [0.2, 0.25) is 0 Å². The molecule has 0 saturated heterocycles. The highest BCUT2D eigenvalue weighted by Gasteiger charge is 2.36. The van der Waals surface area contributed by atoms with Crippen molar-refractivity contribution in [1.82, 2.24) is 9.13 Å². The minimum absolute atomic E-state index is 0.0316. The Morgan fingerprint density at radius 2 is 0.881 bits per heavy atom. The number of halogens is 9. The summed E-state index contributed by atoms with van der Waals surface area (Å²) in [7, 11) is 0. The van der Waals surface area contributed by atoms with Crippen LogP contribution in [0.2, 0.25) is 0 Å². The summed E-state index contributed by atoms with van der Waals surface area (Å²) in [5.41, 5.74) is 3.42. The van der Waals surface area contributed by atoms with E-state index in [-0.39, 0.29) is 22.4 Å². The van der Waals surface area contributed by atoms with Gasteiger partial charge in [0.25, 0.3) is 0 Å². The predicted octanol–water partition coefficient (Wildman–Crippen LogP) is 17.4. The lowest BCUT2D eigenvalue weighted by molar-refractivity contribution is -0.138. The first kappa shape index (κ1) is 43.1. The molecule has 0 amide bonds. The van der Waals surface area contributed by atoms with E-state index in [9.17, 15) is 39.5 Å². The molecule has 8 aromatic carbocycles. The zero-order chi connectivity index (χ0) is 47.3. The van der Waals surface area contributed by atoms with Crippen molar-refractivity contribution in [3.8, 4) is 44.8 Å². The first-order valence-corrected chi connectivity index (χ1v) is 21.0. The summed E-state index contributed by atoms with van der Waals surface area (Å²) in [4.78, 5) is 3.84. The molecule has 10 aromatic rings. The molecule has 0 N–H and O–H groups in total. The molecule has 0 fully saturated rings. The standard InChI is InChI=1S/C55H34F9N3/c1-30-20-35(24-37(22-30)53(56,57)58)33-16-18-48-41(26-33)39-11-5-7-14-46(39)66(48)50-28-43(52-32(3)10-9-13-44(52)55(62,63)64)45(65-4)29-51(50)67-47-15-8-6-12-40(47)42-27-34(17-19-49(42)67)36-21-31(2)23-38(25-36)54(59,60)61/h5-29H,1-3H3. The first-order valence-electron chi connectivity index (χ1n) is 21.0. The van der Waals surface area contributed by atoms with Crippen molar-refractivity contribution in [3.05, 3.63) is 196 Å². The molecule has 0 aliphatic heterocycles. The monoisotopic (exact) mass is 907 g/mol. The van der Waals surface area contributed by atoms with Crippen molar-refractivity contribution >= 4 is 49.3 Å². The maximum absolute atomic E-state index is 14.9. The van der Waals surface area contributed by atoms with Crippen LogP contribution in [0.5, 0.6) is 0 Å². The minimum Gasteiger partial charge on any atom is -0.308 e. The number of fused-ring (bicyclic) bond motifs is 6. The Labute approximate surface area is 377 Å². The third-order valence-electron chi connectivity index (χ3n) is 12.4. The lowest BCUT2D eigenvalue weighted by Gasteiger charge is -2.22. The van der Waals surface area contributed by atoms with E-state index in [0.29, 0.717) is 83.0 Å². The fourth-order valence-corrected chi connectivity index (χ4v) is 9.53. The number of hydrogen-bond acceptors (Lipinski definition) is 0. The second-order valence-electron chi connectivity index (χ2n) is 16.8. The van der Waals surface area contributed by atoms with Gasteiger partial charge in [0.1, 0.15) is 0 Å². The largest absolute Gasteiger partial charge is 0.416 e. The van der Waals surface area contributed by atoms with Crippen LogP contribution in [-0.4, -0.2) is 9.13 Å².